The fraction of sp³-hybridized carbons (Fsp3) is 0.0833. The van der Waals surface area contributed by atoms with Gasteiger partial charge in [0.05, 0.1) is 15.2 Å². The summed E-state index contributed by atoms with van der Waals surface area (Å²) in [6.07, 6.45) is 1.51. The molecule has 8 heteroatoms. The van der Waals surface area contributed by atoms with Gasteiger partial charge < -0.3 is 5.32 Å². The van der Waals surface area contributed by atoms with Crippen LogP contribution < -0.4 is 10.0 Å². The quantitative estimate of drug-likeness (QED) is 0.858. The average molecular weight is 377 g/mol. The third kappa shape index (κ3) is 3.05. The van der Waals surface area contributed by atoms with Crippen LogP contribution in [0.2, 0.25) is 5.02 Å². The lowest BCUT2D eigenvalue weighted by Crippen LogP contribution is -2.15. The van der Waals surface area contributed by atoms with Gasteiger partial charge in [-0.15, -0.1) is 0 Å². The summed E-state index contributed by atoms with van der Waals surface area (Å²) in [6.45, 7) is 0. The Balaban J connectivity index is 2.44. The summed E-state index contributed by atoms with van der Waals surface area (Å²) in [5, 5.41) is 3.17. The maximum atomic E-state index is 12.4. The van der Waals surface area contributed by atoms with E-state index >= 15 is 0 Å². The zero-order valence-electron chi connectivity index (χ0n) is 10.4. The van der Waals surface area contributed by atoms with E-state index in [1.807, 2.05) is 0 Å². The number of benzene rings is 1. The number of hydrogen-bond donors (Lipinski definition) is 2. The van der Waals surface area contributed by atoms with Crippen molar-refractivity contribution in [3.8, 4) is 0 Å². The van der Waals surface area contributed by atoms with Crippen LogP contribution in [-0.2, 0) is 10.0 Å². The van der Waals surface area contributed by atoms with Crippen LogP contribution in [0.15, 0.2) is 45.9 Å². The molecule has 1 heterocycles. The molecule has 0 saturated heterocycles. The molecular formula is C12H11BrClN3O2S. The molecule has 0 atom stereocenters. The molecular weight excluding hydrogens is 366 g/mol. The molecule has 0 unspecified atom stereocenters. The smallest absolute Gasteiger partial charge is 0.265 e. The lowest BCUT2D eigenvalue weighted by Gasteiger charge is -2.12. The molecule has 0 spiro atoms. The number of sulfonamides is 1. The van der Waals surface area contributed by atoms with Gasteiger partial charge in [0.1, 0.15) is 10.7 Å². The molecule has 1 aromatic heterocycles. The Morgan fingerprint density at radius 1 is 1.25 bits per heavy atom. The summed E-state index contributed by atoms with van der Waals surface area (Å²) >= 11 is 9.19. The minimum atomic E-state index is -3.76. The third-order valence-corrected chi connectivity index (χ3v) is 5.29. The van der Waals surface area contributed by atoms with Gasteiger partial charge in [0.2, 0.25) is 0 Å². The van der Waals surface area contributed by atoms with E-state index < -0.39 is 10.0 Å². The molecule has 0 aliphatic carbocycles. The van der Waals surface area contributed by atoms with E-state index in [9.17, 15) is 8.42 Å². The first-order valence-electron chi connectivity index (χ1n) is 5.55. The van der Waals surface area contributed by atoms with Crippen LogP contribution in [0.25, 0.3) is 0 Å². The number of nitrogens with one attached hydrogen (secondary N) is 2. The van der Waals surface area contributed by atoms with Gasteiger partial charge in [-0.2, -0.15) is 0 Å². The fourth-order valence-electron chi connectivity index (χ4n) is 1.58. The van der Waals surface area contributed by atoms with E-state index in [2.05, 4.69) is 31.0 Å². The topological polar surface area (TPSA) is 71.1 Å². The first kappa shape index (κ1) is 15.1. The number of halogens is 2. The monoisotopic (exact) mass is 375 g/mol. The molecule has 1 aromatic carbocycles. The molecule has 106 valence electrons. The van der Waals surface area contributed by atoms with Crippen molar-refractivity contribution in [2.45, 2.75) is 4.90 Å². The SMILES string of the molecule is CNc1ncccc1S(=O)(=O)Nc1cccc(Cl)c1Br. The Hall–Kier alpha value is -1.31. The minimum absolute atomic E-state index is 0.0642. The highest BCUT2D eigenvalue weighted by molar-refractivity contribution is 9.10. The van der Waals surface area contributed by atoms with Gasteiger partial charge in [-0.1, -0.05) is 17.7 Å². The Morgan fingerprint density at radius 2 is 2.00 bits per heavy atom. The van der Waals surface area contributed by atoms with Crippen LogP contribution in [0.5, 0.6) is 0 Å². The largest absolute Gasteiger partial charge is 0.372 e. The normalized spacial score (nSPS) is 11.2. The Bertz CT molecular complexity index is 737. The maximum Gasteiger partial charge on any atom is 0.265 e. The van der Waals surface area contributed by atoms with Crippen LogP contribution in [0.1, 0.15) is 0 Å². The van der Waals surface area contributed by atoms with E-state index in [1.54, 1.807) is 31.3 Å². The van der Waals surface area contributed by atoms with Crippen molar-refractivity contribution in [1.29, 1.82) is 0 Å². The zero-order chi connectivity index (χ0) is 14.8. The van der Waals surface area contributed by atoms with Gasteiger partial charge in [-0.25, -0.2) is 13.4 Å². The highest BCUT2D eigenvalue weighted by Gasteiger charge is 2.20. The van der Waals surface area contributed by atoms with Crippen LogP contribution in [0, 0.1) is 0 Å². The van der Waals surface area contributed by atoms with Crippen LogP contribution in [-0.4, -0.2) is 20.4 Å². The number of rotatable bonds is 4. The fourth-order valence-corrected chi connectivity index (χ4v) is 3.48. The highest BCUT2D eigenvalue weighted by Crippen LogP contribution is 2.32. The van der Waals surface area contributed by atoms with Crippen molar-refractivity contribution in [2.24, 2.45) is 0 Å². The molecule has 2 N–H and O–H groups in total. The van der Waals surface area contributed by atoms with Crippen molar-refractivity contribution >= 4 is 49.1 Å². The van der Waals surface area contributed by atoms with Crippen LogP contribution in [0.3, 0.4) is 0 Å². The van der Waals surface area contributed by atoms with Gasteiger partial charge in [0.25, 0.3) is 10.0 Å². The van der Waals surface area contributed by atoms with Crippen molar-refractivity contribution in [2.75, 3.05) is 17.1 Å². The highest BCUT2D eigenvalue weighted by atomic mass is 79.9. The first-order valence-corrected chi connectivity index (χ1v) is 8.20. The summed E-state index contributed by atoms with van der Waals surface area (Å²) < 4.78 is 27.7. The molecule has 2 rings (SSSR count). The summed E-state index contributed by atoms with van der Waals surface area (Å²) in [5.41, 5.74) is 0.364. The zero-order valence-corrected chi connectivity index (χ0v) is 13.6. The molecule has 2 aromatic rings. The van der Waals surface area contributed by atoms with Gasteiger partial charge >= 0.3 is 0 Å². The molecule has 5 nitrogen and oxygen atoms in total. The summed E-state index contributed by atoms with van der Waals surface area (Å²) in [4.78, 5) is 4.04. The Labute approximate surface area is 130 Å². The summed E-state index contributed by atoms with van der Waals surface area (Å²) in [5.74, 6) is 0.276. The van der Waals surface area contributed by atoms with Gasteiger partial charge in [-0.3, -0.25) is 4.72 Å². The second-order valence-electron chi connectivity index (χ2n) is 3.81. The third-order valence-electron chi connectivity index (χ3n) is 2.49. The average Bonchev–Trinajstić information content (AvgIpc) is 2.43. The second kappa shape index (κ2) is 5.99. The standard InChI is InChI=1S/C12H11BrClN3O2S/c1-15-12-10(6-3-7-16-12)20(18,19)17-9-5-2-4-8(14)11(9)13/h2-7,17H,1H3,(H,15,16). The van der Waals surface area contributed by atoms with E-state index in [4.69, 9.17) is 11.6 Å². The predicted octanol–water partition coefficient (Wildman–Crippen LogP) is 3.34. The number of hydrogen-bond acceptors (Lipinski definition) is 4. The summed E-state index contributed by atoms with van der Waals surface area (Å²) in [6, 6.07) is 7.96. The molecule has 0 bridgehead atoms. The maximum absolute atomic E-state index is 12.4. The number of nitrogens with zero attached hydrogens (tertiary/aromatic N) is 1. The molecule has 0 fully saturated rings. The molecule has 0 saturated carbocycles. The Morgan fingerprint density at radius 3 is 2.70 bits per heavy atom. The lowest BCUT2D eigenvalue weighted by atomic mass is 10.3. The number of aromatic nitrogens is 1. The van der Waals surface area contributed by atoms with Gasteiger partial charge in [0.15, 0.2) is 0 Å². The Kier molecular flexibility index (Phi) is 4.52. The van der Waals surface area contributed by atoms with E-state index in [-0.39, 0.29) is 10.7 Å². The van der Waals surface area contributed by atoms with Gasteiger partial charge in [-0.05, 0) is 40.2 Å². The van der Waals surface area contributed by atoms with Crippen molar-refractivity contribution in [1.82, 2.24) is 4.98 Å². The van der Waals surface area contributed by atoms with Gasteiger partial charge in [0, 0.05) is 13.2 Å². The van der Waals surface area contributed by atoms with Crippen molar-refractivity contribution in [3.63, 3.8) is 0 Å². The van der Waals surface area contributed by atoms with Crippen LogP contribution in [0.4, 0.5) is 11.5 Å². The molecule has 0 aliphatic heterocycles. The predicted molar refractivity (Wildman–Crippen MR) is 83.7 cm³/mol. The molecule has 0 radical (unpaired) electrons. The number of pyridine rings is 1. The second-order valence-corrected chi connectivity index (χ2v) is 6.66. The van der Waals surface area contributed by atoms with Crippen molar-refractivity contribution < 1.29 is 8.42 Å². The van der Waals surface area contributed by atoms with E-state index in [0.29, 0.717) is 15.2 Å². The molecule has 0 amide bonds. The van der Waals surface area contributed by atoms with E-state index in [1.165, 1.54) is 12.3 Å². The lowest BCUT2D eigenvalue weighted by molar-refractivity contribution is 0.601. The first-order chi connectivity index (χ1) is 9.45. The van der Waals surface area contributed by atoms with Crippen molar-refractivity contribution in [3.05, 3.63) is 46.0 Å². The summed E-state index contributed by atoms with van der Waals surface area (Å²) in [7, 11) is -2.15. The molecule has 0 aliphatic rings. The number of anilines is 2. The molecule has 20 heavy (non-hydrogen) atoms. The van der Waals surface area contributed by atoms with E-state index in [0.717, 1.165) is 0 Å². The van der Waals surface area contributed by atoms with Crippen LogP contribution >= 0.6 is 27.5 Å². The minimum Gasteiger partial charge on any atom is -0.372 e.